The zero-order chi connectivity index (χ0) is 26.4. The molecule has 2 aliphatic rings. The molecule has 1 aromatic rings. The average Bonchev–Trinajstić information content (AvgIpc) is 3.45. The molecular formula is C20H26ClF4N3O6S. The Morgan fingerprint density at radius 1 is 1.20 bits per heavy atom. The molecule has 4 N–H and O–H groups in total. The summed E-state index contributed by atoms with van der Waals surface area (Å²) in [6.07, 6.45) is -0.00174. The molecule has 198 valence electrons. The van der Waals surface area contributed by atoms with Crippen molar-refractivity contribution in [3.05, 3.63) is 28.5 Å². The van der Waals surface area contributed by atoms with Gasteiger partial charge in [0, 0.05) is 19.2 Å². The van der Waals surface area contributed by atoms with Crippen LogP contribution in [0.2, 0.25) is 5.02 Å². The van der Waals surface area contributed by atoms with Gasteiger partial charge in [-0.3, -0.25) is 4.79 Å². The molecule has 0 aromatic heterocycles. The number of carboxylic acids is 1. The second-order valence-corrected chi connectivity index (χ2v) is 10.3. The highest BCUT2D eigenvalue weighted by Crippen LogP contribution is 2.31. The Kier molecular flexibility index (Phi) is 10.1. The van der Waals surface area contributed by atoms with Gasteiger partial charge in [-0.05, 0) is 43.7 Å². The van der Waals surface area contributed by atoms with Crippen molar-refractivity contribution in [3.63, 3.8) is 0 Å². The monoisotopic (exact) mass is 547 g/mol. The summed E-state index contributed by atoms with van der Waals surface area (Å²) < 4.78 is 79.5. The molecule has 9 nitrogen and oxygen atoms in total. The third-order valence-electron chi connectivity index (χ3n) is 5.60. The molecule has 1 amide bonds. The van der Waals surface area contributed by atoms with E-state index in [1.54, 1.807) is 0 Å². The minimum Gasteiger partial charge on any atom is -0.492 e. The zero-order valence-corrected chi connectivity index (χ0v) is 20.1. The molecule has 35 heavy (non-hydrogen) atoms. The molecular weight excluding hydrogens is 522 g/mol. The average molecular weight is 548 g/mol. The first-order chi connectivity index (χ1) is 16.2. The van der Waals surface area contributed by atoms with Crippen LogP contribution in [-0.4, -0.2) is 62.1 Å². The fraction of sp³-hybridized carbons (Fsp3) is 0.600. The van der Waals surface area contributed by atoms with Gasteiger partial charge in [-0.15, -0.1) is 0 Å². The van der Waals surface area contributed by atoms with Crippen LogP contribution in [0.1, 0.15) is 42.5 Å². The number of hydrogen-bond donors (Lipinski definition) is 3. The predicted molar refractivity (Wildman–Crippen MR) is 118 cm³/mol. The summed E-state index contributed by atoms with van der Waals surface area (Å²) in [7, 11) is -4.07. The number of aliphatic carboxylic acids is 1. The van der Waals surface area contributed by atoms with Gasteiger partial charge in [-0.2, -0.15) is 25.9 Å². The summed E-state index contributed by atoms with van der Waals surface area (Å²) in [5.74, 6) is -4.10. The quantitative estimate of drug-likeness (QED) is 0.446. The number of benzene rings is 1. The van der Waals surface area contributed by atoms with Gasteiger partial charge in [-0.1, -0.05) is 24.4 Å². The summed E-state index contributed by atoms with van der Waals surface area (Å²) in [6, 6.07) is 2.12. The largest absolute Gasteiger partial charge is 0.492 e. The van der Waals surface area contributed by atoms with Gasteiger partial charge in [0.1, 0.15) is 11.6 Å². The van der Waals surface area contributed by atoms with E-state index in [1.165, 1.54) is 0 Å². The fourth-order valence-electron chi connectivity index (χ4n) is 3.64. The first kappa shape index (κ1) is 29.1. The number of hydrogen-bond acceptors (Lipinski definition) is 6. The van der Waals surface area contributed by atoms with Crippen molar-refractivity contribution >= 4 is 33.7 Å². The lowest BCUT2D eigenvalue weighted by Crippen LogP contribution is -2.42. The standard InChI is InChI=1S/C18H25ClFN3O4S.C2HF3O2/c19-15-7-14(16(20)8-17(15)27-11-12-3-1-2-4-12)18(24)22-28(25,26)23-6-5-13(9-21)10-23;3-2(4,5)1(6)7/h7-8,12-13H,1-6,9-11,21H2,(H,22,24);(H,6,7)/t13-;/m0./s1. The summed E-state index contributed by atoms with van der Waals surface area (Å²) in [6.45, 7) is 1.31. The Labute approximate surface area is 204 Å². The molecule has 1 aromatic carbocycles. The Morgan fingerprint density at radius 3 is 2.31 bits per heavy atom. The number of nitrogens with zero attached hydrogens (tertiary/aromatic N) is 1. The van der Waals surface area contributed by atoms with E-state index in [0.29, 0.717) is 25.5 Å². The molecule has 0 bridgehead atoms. The van der Waals surface area contributed by atoms with Crippen molar-refractivity contribution in [3.8, 4) is 5.75 Å². The van der Waals surface area contributed by atoms with Crippen LogP contribution in [-0.2, 0) is 15.0 Å². The highest BCUT2D eigenvalue weighted by Gasteiger charge is 2.38. The Bertz CT molecular complexity index is 1020. The molecule has 15 heteroatoms. The van der Waals surface area contributed by atoms with Crippen LogP contribution in [0.4, 0.5) is 17.6 Å². The number of nitrogens with one attached hydrogen (secondary N) is 1. The van der Waals surface area contributed by atoms with E-state index < -0.39 is 39.6 Å². The van der Waals surface area contributed by atoms with Crippen molar-refractivity contribution in [1.82, 2.24) is 9.03 Å². The lowest BCUT2D eigenvalue weighted by Gasteiger charge is -2.17. The number of rotatable bonds is 7. The number of alkyl halides is 3. The summed E-state index contributed by atoms with van der Waals surface area (Å²) in [4.78, 5) is 21.2. The van der Waals surface area contributed by atoms with E-state index in [1.807, 2.05) is 4.72 Å². The van der Waals surface area contributed by atoms with Crippen molar-refractivity contribution in [2.45, 2.75) is 38.3 Å². The van der Waals surface area contributed by atoms with Crippen LogP contribution in [0.25, 0.3) is 0 Å². The van der Waals surface area contributed by atoms with Gasteiger partial charge in [0.25, 0.3) is 5.91 Å². The Hall–Kier alpha value is -2.16. The third-order valence-corrected chi connectivity index (χ3v) is 7.35. The minimum atomic E-state index is -5.08. The van der Waals surface area contributed by atoms with Gasteiger partial charge < -0.3 is 15.6 Å². The second kappa shape index (κ2) is 12.2. The lowest BCUT2D eigenvalue weighted by atomic mass is 10.1. The number of carbonyl (C=O) groups is 2. The van der Waals surface area contributed by atoms with E-state index in [4.69, 9.17) is 32.0 Å². The summed E-state index contributed by atoms with van der Waals surface area (Å²) in [5, 5.41) is 7.19. The van der Waals surface area contributed by atoms with Crippen LogP contribution in [0.5, 0.6) is 5.75 Å². The molecule has 0 radical (unpaired) electrons. The first-order valence-corrected chi connectivity index (χ1v) is 12.5. The molecule has 1 saturated heterocycles. The molecule has 1 aliphatic carbocycles. The molecule has 1 heterocycles. The molecule has 0 unspecified atom stereocenters. The van der Waals surface area contributed by atoms with Gasteiger partial charge in [0.2, 0.25) is 0 Å². The maximum Gasteiger partial charge on any atom is 0.490 e. The van der Waals surface area contributed by atoms with Crippen molar-refractivity contribution < 1.29 is 45.4 Å². The van der Waals surface area contributed by atoms with E-state index in [2.05, 4.69) is 0 Å². The molecule has 0 spiro atoms. The third kappa shape index (κ3) is 8.47. The number of halogens is 5. The molecule has 1 atom stereocenters. The number of ether oxygens (including phenoxy) is 1. The highest BCUT2D eigenvalue weighted by molar-refractivity contribution is 7.87. The first-order valence-electron chi connectivity index (χ1n) is 10.7. The van der Waals surface area contributed by atoms with Crippen LogP contribution < -0.4 is 15.2 Å². The van der Waals surface area contributed by atoms with Crippen LogP contribution in [0, 0.1) is 17.7 Å². The topological polar surface area (TPSA) is 139 Å². The highest BCUT2D eigenvalue weighted by atomic mass is 35.5. The van der Waals surface area contributed by atoms with Crippen LogP contribution in [0.3, 0.4) is 0 Å². The number of amides is 1. The second-order valence-electron chi connectivity index (χ2n) is 8.21. The minimum absolute atomic E-state index is 0.0501. The van der Waals surface area contributed by atoms with Crippen molar-refractivity contribution in [2.24, 2.45) is 17.6 Å². The Balaban J connectivity index is 0.000000540. The smallest absolute Gasteiger partial charge is 0.490 e. The normalized spacial score (nSPS) is 19.2. The summed E-state index contributed by atoms with van der Waals surface area (Å²) in [5.41, 5.74) is 5.11. The lowest BCUT2D eigenvalue weighted by molar-refractivity contribution is -0.192. The fourth-order valence-corrected chi connectivity index (χ4v) is 5.09. The zero-order valence-electron chi connectivity index (χ0n) is 18.5. The van der Waals surface area contributed by atoms with E-state index in [9.17, 15) is 30.8 Å². The summed E-state index contributed by atoms with van der Waals surface area (Å²) >= 11 is 6.12. The van der Waals surface area contributed by atoms with Gasteiger partial charge in [0.15, 0.2) is 0 Å². The van der Waals surface area contributed by atoms with E-state index >= 15 is 0 Å². The van der Waals surface area contributed by atoms with Crippen LogP contribution in [0.15, 0.2) is 12.1 Å². The van der Waals surface area contributed by atoms with E-state index in [-0.39, 0.29) is 29.8 Å². The molecule has 1 aliphatic heterocycles. The van der Waals surface area contributed by atoms with Gasteiger partial charge in [-0.25, -0.2) is 13.9 Å². The Morgan fingerprint density at radius 2 is 1.80 bits per heavy atom. The van der Waals surface area contributed by atoms with Gasteiger partial charge in [0.05, 0.1) is 17.2 Å². The number of nitrogens with two attached hydrogens (primary N) is 1. The van der Waals surface area contributed by atoms with Crippen LogP contribution >= 0.6 is 11.6 Å². The SMILES string of the molecule is NC[C@@H]1CCN(S(=O)(=O)NC(=O)c2cc(Cl)c(OCC3CCCC3)cc2F)C1.O=C(O)C(F)(F)F. The molecule has 1 saturated carbocycles. The number of carboxylic acid groups (broad SMARTS) is 1. The van der Waals surface area contributed by atoms with Crippen molar-refractivity contribution in [1.29, 1.82) is 0 Å². The van der Waals surface area contributed by atoms with E-state index in [0.717, 1.165) is 42.1 Å². The predicted octanol–water partition coefficient (Wildman–Crippen LogP) is 2.94. The maximum absolute atomic E-state index is 14.4. The van der Waals surface area contributed by atoms with Gasteiger partial charge >= 0.3 is 22.4 Å². The van der Waals surface area contributed by atoms with Crippen molar-refractivity contribution in [2.75, 3.05) is 26.2 Å². The molecule has 2 fully saturated rings. The maximum atomic E-state index is 14.4. The number of carbonyl (C=O) groups excluding carboxylic acids is 1. The molecule has 3 rings (SSSR count).